The Kier molecular flexibility index (Phi) is 4.71. The summed E-state index contributed by atoms with van der Waals surface area (Å²) in [6.07, 6.45) is 1.27. The van der Waals surface area contributed by atoms with E-state index in [2.05, 4.69) is 4.98 Å². The largest absolute Gasteiger partial charge is 0.460 e. The van der Waals surface area contributed by atoms with Gasteiger partial charge in [0.2, 0.25) is 5.89 Å². The fourth-order valence-corrected chi connectivity index (χ4v) is 3.42. The molecule has 0 atom stereocenters. The second kappa shape index (κ2) is 7.68. The molecule has 0 saturated carbocycles. The Bertz CT molecular complexity index is 1420. The van der Waals surface area contributed by atoms with Crippen molar-refractivity contribution in [2.45, 2.75) is 13.0 Å². The number of carbonyl (C=O) groups excluding carboxylic acids is 1. The minimum atomic E-state index is -0.998. The van der Waals surface area contributed by atoms with E-state index in [1.165, 1.54) is 12.3 Å². The van der Waals surface area contributed by atoms with Gasteiger partial charge in [-0.2, -0.15) is 0 Å². The molecule has 3 aromatic carbocycles. The van der Waals surface area contributed by atoms with E-state index < -0.39 is 17.6 Å². The van der Waals surface area contributed by atoms with E-state index in [-0.39, 0.29) is 24.5 Å². The van der Waals surface area contributed by atoms with Crippen LogP contribution in [0, 0.1) is 11.6 Å². The predicted molar refractivity (Wildman–Crippen MR) is 109 cm³/mol. The quantitative estimate of drug-likeness (QED) is 0.337. The average Bonchev–Trinajstić information content (AvgIpc) is 3.41. The minimum Gasteiger partial charge on any atom is -0.460 e. The van der Waals surface area contributed by atoms with Crippen molar-refractivity contribution in [3.63, 3.8) is 0 Å². The molecule has 0 aliphatic carbocycles. The number of ether oxygens (including phenoxy) is 1. The highest BCUT2D eigenvalue weighted by Crippen LogP contribution is 2.28. The van der Waals surface area contributed by atoms with Crippen molar-refractivity contribution in [2.75, 3.05) is 0 Å². The summed E-state index contributed by atoms with van der Waals surface area (Å²) in [5.74, 6) is -1.83. The van der Waals surface area contributed by atoms with Gasteiger partial charge in [-0.15, -0.1) is 0 Å². The molecule has 0 aliphatic rings. The number of hydrogen-bond donors (Lipinski definition) is 0. The Balaban J connectivity index is 1.26. The average molecular weight is 419 g/mol. The van der Waals surface area contributed by atoms with Crippen LogP contribution in [0.25, 0.3) is 33.2 Å². The summed E-state index contributed by atoms with van der Waals surface area (Å²) in [7, 11) is 0. The van der Waals surface area contributed by atoms with Crippen LogP contribution < -0.4 is 0 Å². The van der Waals surface area contributed by atoms with Gasteiger partial charge >= 0.3 is 5.97 Å². The Hall–Kier alpha value is -4.00. The first-order valence-corrected chi connectivity index (χ1v) is 9.52. The van der Waals surface area contributed by atoms with Crippen LogP contribution in [0.2, 0.25) is 0 Å². The second-order valence-electron chi connectivity index (χ2n) is 7.02. The van der Waals surface area contributed by atoms with E-state index in [4.69, 9.17) is 13.6 Å². The maximum atomic E-state index is 13.4. The Morgan fingerprint density at radius 2 is 1.84 bits per heavy atom. The first kappa shape index (κ1) is 19.0. The summed E-state index contributed by atoms with van der Waals surface area (Å²) in [6, 6.07) is 17.0. The van der Waals surface area contributed by atoms with Gasteiger partial charge in [-0.25, -0.2) is 13.8 Å². The van der Waals surface area contributed by atoms with Crippen LogP contribution in [0.1, 0.15) is 11.5 Å². The minimum absolute atomic E-state index is 0.0309. The van der Waals surface area contributed by atoms with Crippen molar-refractivity contribution in [3.05, 3.63) is 90.0 Å². The van der Waals surface area contributed by atoms with Crippen LogP contribution in [0.15, 0.2) is 75.8 Å². The maximum absolute atomic E-state index is 13.4. The standard InChI is InChI=1S/C24H15F2NO4/c25-20-7-5-15(9-21(20)26)24-27-16(13-30-24)12-29-23(28)11-17-10-19-18-4-2-1-3-14(18)6-8-22(19)31-17/h1-10,13H,11-12H2. The van der Waals surface area contributed by atoms with E-state index >= 15 is 0 Å². The number of rotatable bonds is 5. The Morgan fingerprint density at radius 3 is 2.71 bits per heavy atom. The highest BCUT2D eigenvalue weighted by Gasteiger charge is 2.14. The SMILES string of the molecule is O=C(Cc1cc2c(ccc3ccccc32)o1)OCc1coc(-c2ccc(F)c(F)c2)n1. The smallest absolute Gasteiger partial charge is 0.313 e. The fourth-order valence-electron chi connectivity index (χ4n) is 3.42. The molecule has 0 unspecified atom stereocenters. The molecule has 0 aliphatic heterocycles. The number of hydrogen-bond acceptors (Lipinski definition) is 5. The van der Waals surface area contributed by atoms with E-state index in [0.29, 0.717) is 17.0 Å². The summed E-state index contributed by atoms with van der Waals surface area (Å²) in [4.78, 5) is 16.4. The van der Waals surface area contributed by atoms with Crippen LogP contribution in [-0.4, -0.2) is 11.0 Å². The molecule has 31 heavy (non-hydrogen) atoms. The Morgan fingerprint density at radius 1 is 0.968 bits per heavy atom. The molecule has 0 radical (unpaired) electrons. The zero-order chi connectivity index (χ0) is 21.4. The lowest BCUT2D eigenvalue weighted by atomic mass is 10.1. The third-order valence-electron chi connectivity index (χ3n) is 4.89. The first-order valence-electron chi connectivity index (χ1n) is 9.52. The van der Waals surface area contributed by atoms with Gasteiger partial charge in [0.1, 0.15) is 36.3 Å². The molecule has 0 saturated heterocycles. The van der Waals surface area contributed by atoms with E-state index in [9.17, 15) is 13.6 Å². The van der Waals surface area contributed by atoms with Crippen molar-refractivity contribution in [1.29, 1.82) is 0 Å². The van der Waals surface area contributed by atoms with Gasteiger partial charge < -0.3 is 13.6 Å². The molecule has 0 fully saturated rings. The molecule has 0 amide bonds. The van der Waals surface area contributed by atoms with Crippen molar-refractivity contribution < 1.29 is 27.1 Å². The number of fused-ring (bicyclic) bond motifs is 3. The summed E-state index contributed by atoms with van der Waals surface area (Å²) in [5, 5.41) is 3.08. The van der Waals surface area contributed by atoms with Gasteiger partial charge in [-0.1, -0.05) is 30.3 Å². The molecule has 5 rings (SSSR count). The van der Waals surface area contributed by atoms with Gasteiger partial charge in [-0.3, -0.25) is 4.79 Å². The number of aromatic nitrogens is 1. The second-order valence-corrected chi connectivity index (χ2v) is 7.02. The zero-order valence-corrected chi connectivity index (χ0v) is 16.1. The maximum Gasteiger partial charge on any atom is 0.313 e. The Labute approximate surface area is 174 Å². The summed E-state index contributed by atoms with van der Waals surface area (Å²) >= 11 is 0. The molecular weight excluding hydrogens is 404 g/mol. The van der Waals surface area contributed by atoms with Gasteiger partial charge in [-0.05, 0) is 41.1 Å². The number of esters is 1. The number of carbonyl (C=O) groups is 1. The molecule has 0 N–H and O–H groups in total. The molecule has 2 heterocycles. The monoisotopic (exact) mass is 419 g/mol. The van der Waals surface area contributed by atoms with Crippen LogP contribution >= 0.6 is 0 Å². The van der Waals surface area contributed by atoms with Crippen LogP contribution in [-0.2, 0) is 22.6 Å². The number of furan rings is 1. The normalized spacial score (nSPS) is 11.3. The molecule has 0 bridgehead atoms. The molecular formula is C24H15F2NO4. The van der Waals surface area contributed by atoms with E-state index in [1.54, 1.807) is 0 Å². The first-order chi connectivity index (χ1) is 15.1. The molecule has 7 heteroatoms. The number of oxazole rings is 1. The lowest BCUT2D eigenvalue weighted by Gasteiger charge is -2.00. The van der Waals surface area contributed by atoms with E-state index in [0.717, 1.165) is 28.3 Å². The number of benzene rings is 3. The van der Waals surface area contributed by atoms with Crippen molar-refractivity contribution in [3.8, 4) is 11.5 Å². The van der Waals surface area contributed by atoms with Crippen molar-refractivity contribution in [1.82, 2.24) is 4.98 Å². The van der Waals surface area contributed by atoms with Gasteiger partial charge in [0.25, 0.3) is 0 Å². The number of nitrogens with zero attached hydrogens (tertiary/aromatic N) is 1. The van der Waals surface area contributed by atoms with Crippen molar-refractivity contribution in [2.24, 2.45) is 0 Å². The third-order valence-corrected chi connectivity index (χ3v) is 4.89. The topological polar surface area (TPSA) is 65.5 Å². The number of halogens is 2. The van der Waals surface area contributed by atoms with Crippen LogP contribution in [0.5, 0.6) is 0 Å². The van der Waals surface area contributed by atoms with Crippen LogP contribution in [0.4, 0.5) is 8.78 Å². The summed E-state index contributed by atoms with van der Waals surface area (Å²) in [6.45, 7) is -0.116. The predicted octanol–water partition coefficient (Wildman–Crippen LogP) is 5.81. The summed E-state index contributed by atoms with van der Waals surface area (Å²) in [5.41, 5.74) is 1.34. The lowest BCUT2D eigenvalue weighted by Crippen LogP contribution is -2.07. The zero-order valence-electron chi connectivity index (χ0n) is 16.1. The molecule has 5 nitrogen and oxygen atoms in total. The fraction of sp³-hybridized carbons (Fsp3) is 0.0833. The van der Waals surface area contributed by atoms with Crippen molar-refractivity contribution >= 4 is 27.7 Å². The molecule has 2 aromatic heterocycles. The summed E-state index contributed by atoms with van der Waals surface area (Å²) < 4.78 is 42.7. The molecule has 5 aromatic rings. The van der Waals surface area contributed by atoms with Gasteiger partial charge in [0, 0.05) is 10.9 Å². The van der Waals surface area contributed by atoms with Gasteiger partial charge in [0.05, 0.1) is 0 Å². The van der Waals surface area contributed by atoms with E-state index in [1.807, 2.05) is 42.5 Å². The van der Waals surface area contributed by atoms with Gasteiger partial charge in [0.15, 0.2) is 11.6 Å². The highest BCUT2D eigenvalue weighted by molar-refractivity contribution is 6.06. The third kappa shape index (κ3) is 3.77. The molecule has 154 valence electrons. The molecule has 0 spiro atoms. The van der Waals surface area contributed by atoms with Crippen LogP contribution in [0.3, 0.4) is 0 Å². The lowest BCUT2D eigenvalue weighted by molar-refractivity contribution is -0.144. The highest BCUT2D eigenvalue weighted by atomic mass is 19.2.